The summed E-state index contributed by atoms with van der Waals surface area (Å²) in [6.45, 7) is 4.00. The monoisotopic (exact) mass is 403 g/mol. The van der Waals surface area contributed by atoms with Gasteiger partial charge in [0.15, 0.2) is 0 Å². The van der Waals surface area contributed by atoms with E-state index in [2.05, 4.69) is 10.6 Å². The fourth-order valence-corrected chi connectivity index (χ4v) is 3.06. The van der Waals surface area contributed by atoms with Gasteiger partial charge in [0.05, 0.1) is 12.5 Å². The molecule has 6 heteroatoms. The second-order valence-corrected chi connectivity index (χ2v) is 7.10. The van der Waals surface area contributed by atoms with Crippen molar-refractivity contribution in [3.05, 3.63) is 89.5 Å². The van der Waals surface area contributed by atoms with E-state index in [1.54, 1.807) is 6.07 Å². The second kappa shape index (κ2) is 9.60. The van der Waals surface area contributed by atoms with E-state index in [0.29, 0.717) is 17.2 Å². The molecule has 0 unspecified atom stereocenters. The average Bonchev–Trinajstić information content (AvgIpc) is 2.71. The molecular formula is C24H25N3O3. The summed E-state index contributed by atoms with van der Waals surface area (Å²) in [7, 11) is 0. The highest BCUT2D eigenvalue weighted by Gasteiger charge is 2.18. The maximum atomic E-state index is 12.6. The van der Waals surface area contributed by atoms with Crippen LogP contribution in [0.5, 0.6) is 11.5 Å². The molecule has 3 aromatic carbocycles. The summed E-state index contributed by atoms with van der Waals surface area (Å²) in [5.74, 6) is 1.07. The van der Waals surface area contributed by atoms with Gasteiger partial charge in [0.2, 0.25) is 5.91 Å². The first-order chi connectivity index (χ1) is 14.4. The number of primary amides is 1. The van der Waals surface area contributed by atoms with Crippen LogP contribution in [0, 0.1) is 13.8 Å². The molecule has 3 aromatic rings. The molecule has 30 heavy (non-hydrogen) atoms. The standard InChI is InChI=1S/C24H25N3O3/c1-16-11-12-19(13-17(16)2)26-23(28)15-22(27-24(25)29)18-7-6-10-21(14-18)30-20-8-4-3-5-9-20/h3-14,22H,15H2,1-2H3,(H,26,28)(H3,25,27,29)/t22-/m1/s1. The lowest BCUT2D eigenvalue weighted by molar-refractivity contribution is -0.116. The van der Waals surface area contributed by atoms with E-state index in [9.17, 15) is 9.59 Å². The number of urea groups is 1. The number of nitrogens with one attached hydrogen (secondary N) is 2. The summed E-state index contributed by atoms with van der Waals surface area (Å²) in [6, 6.07) is 21.0. The normalized spacial score (nSPS) is 11.4. The Morgan fingerprint density at radius 2 is 1.63 bits per heavy atom. The van der Waals surface area contributed by atoms with E-state index < -0.39 is 12.1 Å². The number of nitrogens with two attached hydrogens (primary N) is 1. The Kier molecular flexibility index (Phi) is 6.70. The molecule has 0 aromatic heterocycles. The van der Waals surface area contributed by atoms with Crippen LogP contribution in [0.2, 0.25) is 0 Å². The Morgan fingerprint density at radius 3 is 2.33 bits per heavy atom. The second-order valence-electron chi connectivity index (χ2n) is 7.10. The fraction of sp³-hybridized carbons (Fsp3) is 0.167. The van der Waals surface area contributed by atoms with Crippen LogP contribution in [0.1, 0.15) is 29.2 Å². The van der Waals surface area contributed by atoms with Gasteiger partial charge in [-0.2, -0.15) is 0 Å². The van der Waals surface area contributed by atoms with Gasteiger partial charge in [0.1, 0.15) is 11.5 Å². The van der Waals surface area contributed by atoms with Crippen molar-refractivity contribution in [3.8, 4) is 11.5 Å². The number of hydrogen-bond donors (Lipinski definition) is 3. The molecule has 0 saturated carbocycles. The summed E-state index contributed by atoms with van der Waals surface area (Å²) < 4.78 is 5.85. The zero-order chi connectivity index (χ0) is 21.5. The van der Waals surface area contributed by atoms with Crippen molar-refractivity contribution in [3.63, 3.8) is 0 Å². The molecule has 6 nitrogen and oxygen atoms in total. The molecule has 0 fully saturated rings. The number of benzene rings is 3. The smallest absolute Gasteiger partial charge is 0.312 e. The third kappa shape index (κ3) is 5.85. The summed E-state index contributed by atoms with van der Waals surface area (Å²) >= 11 is 0. The molecule has 0 spiro atoms. The lowest BCUT2D eigenvalue weighted by atomic mass is 10.0. The van der Waals surface area contributed by atoms with Crippen molar-refractivity contribution in [2.24, 2.45) is 5.73 Å². The van der Waals surface area contributed by atoms with Crippen molar-refractivity contribution in [2.75, 3.05) is 5.32 Å². The number of carbonyl (C=O) groups excluding carboxylic acids is 2. The molecule has 0 heterocycles. The Labute approximate surface area is 176 Å². The number of ether oxygens (including phenoxy) is 1. The van der Waals surface area contributed by atoms with E-state index in [1.807, 2.05) is 80.6 Å². The molecular weight excluding hydrogens is 378 g/mol. The predicted octanol–water partition coefficient (Wildman–Crippen LogP) is 4.83. The topological polar surface area (TPSA) is 93.5 Å². The average molecular weight is 403 g/mol. The van der Waals surface area contributed by atoms with Gasteiger partial charge < -0.3 is 21.1 Å². The lowest BCUT2D eigenvalue weighted by Gasteiger charge is -2.19. The minimum atomic E-state index is -0.701. The van der Waals surface area contributed by atoms with E-state index in [-0.39, 0.29) is 12.3 Å². The maximum absolute atomic E-state index is 12.6. The lowest BCUT2D eigenvalue weighted by Crippen LogP contribution is -2.35. The van der Waals surface area contributed by atoms with Gasteiger partial charge in [-0.15, -0.1) is 0 Å². The van der Waals surface area contributed by atoms with Gasteiger partial charge >= 0.3 is 6.03 Å². The van der Waals surface area contributed by atoms with Crippen LogP contribution in [0.15, 0.2) is 72.8 Å². The number of amides is 3. The number of anilines is 1. The highest BCUT2D eigenvalue weighted by Crippen LogP contribution is 2.26. The quantitative estimate of drug-likeness (QED) is 0.527. The molecule has 0 bridgehead atoms. The Morgan fingerprint density at radius 1 is 0.900 bits per heavy atom. The molecule has 0 aliphatic heterocycles. The van der Waals surface area contributed by atoms with Crippen LogP contribution < -0.4 is 21.1 Å². The van der Waals surface area contributed by atoms with Gasteiger partial charge in [-0.25, -0.2) is 4.79 Å². The van der Waals surface area contributed by atoms with Gasteiger partial charge in [-0.1, -0.05) is 36.4 Å². The minimum absolute atomic E-state index is 0.0324. The van der Waals surface area contributed by atoms with Crippen molar-refractivity contribution >= 4 is 17.6 Å². The number of aryl methyl sites for hydroxylation is 2. The zero-order valence-electron chi connectivity index (χ0n) is 17.0. The van der Waals surface area contributed by atoms with Crippen molar-refractivity contribution in [2.45, 2.75) is 26.3 Å². The van der Waals surface area contributed by atoms with Gasteiger partial charge in [0.25, 0.3) is 0 Å². The molecule has 0 radical (unpaired) electrons. The molecule has 3 amide bonds. The Bertz CT molecular complexity index is 1030. The van der Waals surface area contributed by atoms with Crippen LogP contribution >= 0.6 is 0 Å². The molecule has 1 atom stereocenters. The minimum Gasteiger partial charge on any atom is -0.457 e. The molecule has 0 aliphatic rings. The first-order valence-electron chi connectivity index (χ1n) is 9.66. The molecule has 4 N–H and O–H groups in total. The van der Waals surface area contributed by atoms with E-state index in [1.165, 1.54) is 0 Å². The van der Waals surface area contributed by atoms with Crippen molar-refractivity contribution in [1.82, 2.24) is 5.32 Å². The number of para-hydroxylation sites is 1. The van der Waals surface area contributed by atoms with Crippen LogP contribution in [-0.2, 0) is 4.79 Å². The highest BCUT2D eigenvalue weighted by molar-refractivity contribution is 5.91. The zero-order valence-corrected chi connectivity index (χ0v) is 17.0. The van der Waals surface area contributed by atoms with E-state index in [0.717, 1.165) is 16.7 Å². The predicted molar refractivity (Wildman–Crippen MR) is 118 cm³/mol. The van der Waals surface area contributed by atoms with Crippen LogP contribution in [-0.4, -0.2) is 11.9 Å². The number of hydrogen-bond acceptors (Lipinski definition) is 3. The van der Waals surface area contributed by atoms with Crippen LogP contribution in [0.25, 0.3) is 0 Å². The Hall–Kier alpha value is -3.80. The third-order valence-corrected chi connectivity index (χ3v) is 4.74. The van der Waals surface area contributed by atoms with Crippen molar-refractivity contribution < 1.29 is 14.3 Å². The molecule has 0 aliphatic carbocycles. The van der Waals surface area contributed by atoms with Gasteiger partial charge in [-0.05, 0) is 66.9 Å². The first kappa shape index (κ1) is 20.9. The Balaban J connectivity index is 1.75. The summed E-state index contributed by atoms with van der Waals surface area (Å²) in [5.41, 5.74) is 9.01. The summed E-state index contributed by atoms with van der Waals surface area (Å²) in [6.07, 6.45) is 0.0324. The number of carbonyl (C=O) groups is 2. The first-order valence-corrected chi connectivity index (χ1v) is 9.66. The molecule has 3 rings (SSSR count). The largest absolute Gasteiger partial charge is 0.457 e. The molecule has 0 saturated heterocycles. The van der Waals surface area contributed by atoms with Crippen molar-refractivity contribution in [1.29, 1.82) is 0 Å². The summed E-state index contributed by atoms with van der Waals surface area (Å²) in [4.78, 5) is 24.1. The molecule has 154 valence electrons. The maximum Gasteiger partial charge on any atom is 0.312 e. The van der Waals surface area contributed by atoms with Crippen LogP contribution in [0.4, 0.5) is 10.5 Å². The van der Waals surface area contributed by atoms with E-state index in [4.69, 9.17) is 10.5 Å². The third-order valence-electron chi connectivity index (χ3n) is 4.74. The number of rotatable bonds is 7. The van der Waals surface area contributed by atoms with Crippen LogP contribution in [0.3, 0.4) is 0 Å². The highest BCUT2D eigenvalue weighted by atomic mass is 16.5. The summed E-state index contributed by atoms with van der Waals surface area (Å²) in [5, 5.41) is 5.52. The van der Waals surface area contributed by atoms with Gasteiger partial charge in [-0.3, -0.25) is 4.79 Å². The SMILES string of the molecule is Cc1ccc(NC(=O)C[C@@H](NC(N)=O)c2cccc(Oc3ccccc3)c2)cc1C. The van der Waals surface area contributed by atoms with E-state index >= 15 is 0 Å². The van der Waals surface area contributed by atoms with Gasteiger partial charge in [0, 0.05) is 5.69 Å². The fourth-order valence-electron chi connectivity index (χ4n) is 3.06.